The third-order valence-corrected chi connectivity index (χ3v) is 4.18. The maximum absolute atomic E-state index is 5.96. The lowest BCUT2D eigenvalue weighted by molar-refractivity contribution is 0.529. The third kappa shape index (κ3) is 4.27. The molecule has 0 saturated carbocycles. The SMILES string of the molecule is CC(CN)CSCc1ncc(-c2cccc(Cl)c2)o1. The molecule has 0 aliphatic rings. The molecule has 19 heavy (non-hydrogen) atoms. The lowest BCUT2D eigenvalue weighted by atomic mass is 10.2. The molecule has 0 radical (unpaired) electrons. The molecule has 0 spiro atoms. The van der Waals surface area contributed by atoms with Gasteiger partial charge < -0.3 is 10.2 Å². The molecule has 0 aliphatic carbocycles. The van der Waals surface area contributed by atoms with Gasteiger partial charge in [0.1, 0.15) is 0 Å². The monoisotopic (exact) mass is 296 g/mol. The number of hydrogen-bond acceptors (Lipinski definition) is 4. The van der Waals surface area contributed by atoms with E-state index in [0.29, 0.717) is 17.5 Å². The molecule has 1 heterocycles. The summed E-state index contributed by atoms with van der Waals surface area (Å²) in [5, 5.41) is 0.696. The standard InChI is InChI=1S/C14H17ClN2OS/c1-10(6-16)8-19-9-14-17-7-13(18-14)11-3-2-4-12(15)5-11/h2-5,7,10H,6,8-9,16H2,1H3. The van der Waals surface area contributed by atoms with E-state index in [1.807, 2.05) is 24.3 Å². The zero-order valence-corrected chi connectivity index (χ0v) is 12.4. The van der Waals surface area contributed by atoms with Gasteiger partial charge >= 0.3 is 0 Å². The van der Waals surface area contributed by atoms with Crippen LogP contribution < -0.4 is 5.73 Å². The maximum atomic E-state index is 5.96. The van der Waals surface area contributed by atoms with Gasteiger partial charge in [-0.1, -0.05) is 30.7 Å². The summed E-state index contributed by atoms with van der Waals surface area (Å²) in [6, 6.07) is 7.57. The first-order chi connectivity index (χ1) is 9.19. The van der Waals surface area contributed by atoms with Crippen molar-refractivity contribution in [2.24, 2.45) is 11.7 Å². The van der Waals surface area contributed by atoms with Crippen LogP contribution in [0.2, 0.25) is 5.02 Å². The summed E-state index contributed by atoms with van der Waals surface area (Å²) >= 11 is 7.75. The minimum Gasteiger partial charge on any atom is -0.440 e. The van der Waals surface area contributed by atoms with Crippen LogP contribution in [0.3, 0.4) is 0 Å². The summed E-state index contributed by atoms with van der Waals surface area (Å²) in [5.41, 5.74) is 6.53. The number of hydrogen-bond donors (Lipinski definition) is 1. The molecule has 1 unspecified atom stereocenters. The van der Waals surface area contributed by atoms with E-state index in [1.165, 1.54) is 0 Å². The van der Waals surface area contributed by atoms with Gasteiger partial charge in [-0.15, -0.1) is 0 Å². The molecule has 0 aliphatic heterocycles. The van der Waals surface area contributed by atoms with E-state index in [9.17, 15) is 0 Å². The number of nitrogens with zero attached hydrogens (tertiary/aromatic N) is 1. The Labute approximate surface area is 122 Å². The van der Waals surface area contributed by atoms with Crippen LogP contribution in [0.1, 0.15) is 12.8 Å². The van der Waals surface area contributed by atoms with Crippen LogP contribution in [-0.4, -0.2) is 17.3 Å². The maximum Gasteiger partial charge on any atom is 0.204 e. The van der Waals surface area contributed by atoms with Gasteiger partial charge in [-0.05, 0) is 30.3 Å². The highest BCUT2D eigenvalue weighted by Crippen LogP contribution is 2.25. The Hall–Kier alpha value is -0.970. The van der Waals surface area contributed by atoms with Gasteiger partial charge in [0.2, 0.25) is 5.89 Å². The average molecular weight is 297 g/mol. The normalized spacial score (nSPS) is 12.6. The first-order valence-corrected chi connectivity index (χ1v) is 7.70. The van der Waals surface area contributed by atoms with Crippen molar-refractivity contribution in [3.05, 3.63) is 41.4 Å². The quantitative estimate of drug-likeness (QED) is 0.880. The molecule has 102 valence electrons. The second-order valence-electron chi connectivity index (χ2n) is 4.48. The van der Waals surface area contributed by atoms with Crippen molar-refractivity contribution >= 4 is 23.4 Å². The van der Waals surface area contributed by atoms with E-state index in [4.69, 9.17) is 21.8 Å². The molecule has 0 amide bonds. The molecule has 3 nitrogen and oxygen atoms in total. The van der Waals surface area contributed by atoms with E-state index in [2.05, 4.69) is 11.9 Å². The van der Waals surface area contributed by atoms with E-state index in [-0.39, 0.29) is 0 Å². The Morgan fingerprint density at radius 2 is 2.32 bits per heavy atom. The van der Waals surface area contributed by atoms with Crippen molar-refractivity contribution in [3.8, 4) is 11.3 Å². The zero-order chi connectivity index (χ0) is 13.7. The van der Waals surface area contributed by atoms with E-state index < -0.39 is 0 Å². The molecular weight excluding hydrogens is 280 g/mol. The topological polar surface area (TPSA) is 52.0 Å². The highest BCUT2D eigenvalue weighted by Gasteiger charge is 2.07. The Kier molecular flexibility index (Phi) is 5.31. The number of benzene rings is 1. The average Bonchev–Trinajstić information content (AvgIpc) is 2.87. The third-order valence-electron chi connectivity index (χ3n) is 2.69. The van der Waals surface area contributed by atoms with Gasteiger partial charge in [0.25, 0.3) is 0 Å². The molecule has 1 atom stereocenters. The highest BCUT2D eigenvalue weighted by atomic mass is 35.5. The van der Waals surface area contributed by atoms with Gasteiger partial charge in [0, 0.05) is 10.6 Å². The number of oxazole rings is 1. The molecule has 0 saturated heterocycles. The minimum atomic E-state index is 0.521. The second kappa shape index (κ2) is 6.98. The molecule has 1 aromatic heterocycles. The first-order valence-electron chi connectivity index (χ1n) is 6.17. The number of halogens is 1. The van der Waals surface area contributed by atoms with Crippen LogP contribution in [0.25, 0.3) is 11.3 Å². The van der Waals surface area contributed by atoms with Crippen molar-refractivity contribution in [2.75, 3.05) is 12.3 Å². The molecule has 0 fully saturated rings. The van der Waals surface area contributed by atoms with Crippen molar-refractivity contribution in [1.82, 2.24) is 4.98 Å². The summed E-state index contributed by atoms with van der Waals surface area (Å²) in [5.74, 6) is 3.80. The number of nitrogens with two attached hydrogens (primary N) is 1. The smallest absolute Gasteiger partial charge is 0.204 e. The molecule has 2 N–H and O–H groups in total. The Morgan fingerprint density at radius 3 is 3.05 bits per heavy atom. The Balaban J connectivity index is 1.95. The lowest BCUT2D eigenvalue weighted by Gasteiger charge is -2.05. The van der Waals surface area contributed by atoms with Crippen molar-refractivity contribution < 1.29 is 4.42 Å². The molecule has 1 aromatic carbocycles. The van der Waals surface area contributed by atoms with Gasteiger partial charge in [-0.25, -0.2) is 4.98 Å². The second-order valence-corrected chi connectivity index (χ2v) is 5.95. The molecular formula is C14H17ClN2OS. The number of rotatable bonds is 6. The van der Waals surface area contributed by atoms with Crippen LogP contribution in [0.15, 0.2) is 34.9 Å². The fourth-order valence-electron chi connectivity index (χ4n) is 1.57. The predicted octanol–water partition coefficient (Wildman–Crippen LogP) is 3.82. The van der Waals surface area contributed by atoms with E-state index in [0.717, 1.165) is 28.7 Å². The summed E-state index contributed by atoms with van der Waals surface area (Å²) < 4.78 is 5.72. The first kappa shape index (κ1) is 14.4. The zero-order valence-electron chi connectivity index (χ0n) is 10.8. The summed E-state index contributed by atoms with van der Waals surface area (Å²) in [6.07, 6.45) is 1.74. The van der Waals surface area contributed by atoms with E-state index >= 15 is 0 Å². The fraction of sp³-hybridized carbons (Fsp3) is 0.357. The largest absolute Gasteiger partial charge is 0.440 e. The molecule has 0 bridgehead atoms. The fourth-order valence-corrected chi connectivity index (χ4v) is 2.72. The lowest BCUT2D eigenvalue weighted by Crippen LogP contribution is -2.12. The van der Waals surface area contributed by atoms with E-state index in [1.54, 1.807) is 18.0 Å². The molecule has 2 aromatic rings. The molecule has 2 rings (SSSR count). The minimum absolute atomic E-state index is 0.521. The predicted molar refractivity (Wildman–Crippen MR) is 81.3 cm³/mol. The Morgan fingerprint density at radius 1 is 1.47 bits per heavy atom. The van der Waals surface area contributed by atoms with Gasteiger partial charge in [-0.2, -0.15) is 11.8 Å². The van der Waals surface area contributed by atoms with Gasteiger partial charge in [-0.3, -0.25) is 0 Å². The number of thioether (sulfide) groups is 1. The number of aromatic nitrogens is 1. The van der Waals surface area contributed by atoms with Crippen LogP contribution in [0, 0.1) is 5.92 Å². The van der Waals surface area contributed by atoms with Crippen molar-refractivity contribution in [2.45, 2.75) is 12.7 Å². The van der Waals surface area contributed by atoms with Crippen LogP contribution in [0.4, 0.5) is 0 Å². The Bertz CT molecular complexity index is 530. The molecule has 5 heteroatoms. The highest BCUT2D eigenvalue weighted by molar-refractivity contribution is 7.98. The van der Waals surface area contributed by atoms with Crippen LogP contribution in [0.5, 0.6) is 0 Å². The van der Waals surface area contributed by atoms with Crippen LogP contribution in [-0.2, 0) is 5.75 Å². The summed E-state index contributed by atoms with van der Waals surface area (Å²) in [6.45, 7) is 2.85. The summed E-state index contributed by atoms with van der Waals surface area (Å²) in [7, 11) is 0. The van der Waals surface area contributed by atoms with Crippen LogP contribution >= 0.6 is 23.4 Å². The van der Waals surface area contributed by atoms with Gasteiger partial charge in [0.15, 0.2) is 5.76 Å². The van der Waals surface area contributed by atoms with Crippen molar-refractivity contribution in [1.29, 1.82) is 0 Å². The summed E-state index contributed by atoms with van der Waals surface area (Å²) in [4.78, 5) is 4.28. The van der Waals surface area contributed by atoms with Crippen molar-refractivity contribution in [3.63, 3.8) is 0 Å². The van der Waals surface area contributed by atoms with Gasteiger partial charge in [0.05, 0.1) is 11.9 Å².